The fourth-order valence-electron chi connectivity index (χ4n) is 2.75. The first-order valence-electron chi connectivity index (χ1n) is 7.17. The highest BCUT2D eigenvalue weighted by Gasteiger charge is 2.47. The highest BCUT2D eigenvalue weighted by atomic mass is 32.2. The van der Waals surface area contributed by atoms with Gasteiger partial charge in [0.1, 0.15) is 10.5 Å². The Hall–Kier alpha value is -0.960. The molecule has 1 aliphatic rings. The molecule has 8 heteroatoms. The van der Waals surface area contributed by atoms with Crippen LogP contribution in [0.1, 0.15) is 49.3 Å². The number of hydrogen-bond donors (Lipinski definition) is 2. The van der Waals surface area contributed by atoms with Crippen LogP contribution in [0, 0.1) is 0 Å². The van der Waals surface area contributed by atoms with Crippen LogP contribution in [0.4, 0.5) is 0 Å². The van der Waals surface area contributed by atoms with Crippen LogP contribution in [0.15, 0.2) is 24.3 Å². The Morgan fingerprint density at radius 1 is 0.818 bits per heavy atom. The number of hydrogen-bond acceptors (Lipinski definition) is 4. The number of benzene rings is 1. The van der Waals surface area contributed by atoms with Crippen molar-refractivity contribution in [3.8, 4) is 0 Å². The third-order valence-corrected chi connectivity index (χ3v) is 7.51. The summed E-state index contributed by atoms with van der Waals surface area (Å²) in [7, 11) is -7.62. The molecule has 1 aromatic carbocycles. The fourth-order valence-corrected chi connectivity index (χ4v) is 7.21. The zero-order valence-electron chi connectivity index (χ0n) is 13.1. The molecule has 0 saturated carbocycles. The Kier molecular flexibility index (Phi) is 4.68. The summed E-state index contributed by atoms with van der Waals surface area (Å²) in [5.41, 5.74) is 1.01. The third kappa shape index (κ3) is 3.34. The van der Waals surface area contributed by atoms with Crippen molar-refractivity contribution in [3.05, 3.63) is 35.4 Å². The molecule has 0 aliphatic heterocycles. The van der Waals surface area contributed by atoms with Crippen LogP contribution in [0.2, 0.25) is 0 Å². The lowest BCUT2D eigenvalue weighted by molar-refractivity contribution is 0.534. The van der Waals surface area contributed by atoms with Crippen LogP contribution in [0.25, 0.3) is 0 Å². The van der Waals surface area contributed by atoms with E-state index in [1.165, 1.54) is 0 Å². The summed E-state index contributed by atoms with van der Waals surface area (Å²) in [6.45, 7) is 6.83. The minimum Gasteiger partial charge on any atom is -0.212 e. The molecule has 2 bridgehead atoms. The number of rotatable bonds is 6. The summed E-state index contributed by atoms with van der Waals surface area (Å²) < 4.78 is 55.5. The second-order valence-electron chi connectivity index (χ2n) is 6.15. The number of fused-ring (bicyclic) bond motifs is 2. The molecule has 2 N–H and O–H groups in total. The van der Waals surface area contributed by atoms with Crippen LogP contribution in [0.3, 0.4) is 0 Å². The van der Waals surface area contributed by atoms with Gasteiger partial charge in [0, 0.05) is 12.1 Å². The van der Waals surface area contributed by atoms with Gasteiger partial charge in [-0.1, -0.05) is 24.3 Å². The minimum absolute atomic E-state index is 0.301. The topological polar surface area (TPSA) is 92.3 Å². The van der Waals surface area contributed by atoms with Crippen molar-refractivity contribution >= 4 is 20.0 Å². The van der Waals surface area contributed by atoms with E-state index < -0.39 is 30.5 Å². The molecule has 124 valence electrons. The van der Waals surface area contributed by atoms with Crippen LogP contribution in [0.5, 0.6) is 0 Å². The summed E-state index contributed by atoms with van der Waals surface area (Å²) in [4.78, 5) is 0. The lowest BCUT2D eigenvalue weighted by atomic mass is 10.2. The minimum atomic E-state index is -3.81. The summed E-state index contributed by atoms with van der Waals surface area (Å²) in [6, 6.07) is 6.04. The molecular weight excluding hydrogens is 324 g/mol. The molecule has 0 heterocycles. The van der Waals surface area contributed by atoms with Gasteiger partial charge in [0.25, 0.3) is 0 Å². The van der Waals surface area contributed by atoms with Gasteiger partial charge in [-0.2, -0.15) is 0 Å². The first kappa shape index (κ1) is 17.4. The van der Waals surface area contributed by atoms with E-state index in [1.807, 2.05) is 0 Å². The molecule has 6 nitrogen and oxygen atoms in total. The van der Waals surface area contributed by atoms with Crippen molar-refractivity contribution in [1.29, 1.82) is 0 Å². The SMILES string of the molecule is CC(C)NS(=O)(=O)C1c2cccc(c2)C1S(=O)(=O)NC(C)C. The second kappa shape index (κ2) is 5.92. The van der Waals surface area contributed by atoms with Gasteiger partial charge < -0.3 is 0 Å². The number of nitrogens with one attached hydrogen (secondary N) is 2. The molecular formula is C14H22N2O4S2. The van der Waals surface area contributed by atoms with Gasteiger partial charge >= 0.3 is 0 Å². The van der Waals surface area contributed by atoms with Crippen LogP contribution in [-0.2, 0) is 20.0 Å². The average Bonchev–Trinajstić information content (AvgIpc) is 2.58. The number of sulfonamides is 2. The van der Waals surface area contributed by atoms with Gasteiger partial charge in [-0.3, -0.25) is 0 Å². The molecule has 0 fully saturated rings. The molecule has 0 aromatic heterocycles. The van der Waals surface area contributed by atoms with Gasteiger partial charge in [0.05, 0.1) is 0 Å². The van der Waals surface area contributed by atoms with Gasteiger partial charge in [-0.05, 0) is 38.8 Å². The van der Waals surface area contributed by atoms with E-state index >= 15 is 0 Å². The summed E-state index contributed by atoms with van der Waals surface area (Å²) in [6.07, 6.45) is 0. The van der Waals surface area contributed by atoms with Crippen LogP contribution < -0.4 is 9.44 Å². The van der Waals surface area contributed by atoms with E-state index in [4.69, 9.17) is 0 Å². The first-order valence-corrected chi connectivity index (χ1v) is 10.3. The molecule has 2 atom stereocenters. The van der Waals surface area contributed by atoms with E-state index in [2.05, 4.69) is 9.44 Å². The van der Waals surface area contributed by atoms with Gasteiger partial charge in [-0.25, -0.2) is 26.3 Å². The molecule has 0 radical (unpaired) electrons. The Balaban J connectivity index is 2.51. The summed E-state index contributed by atoms with van der Waals surface area (Å²) in [5.74, 6) is 0. The monoisotopic (exact) mass is 346 g/mol. The highest BCUT2D eigenvalue weighted by Crippen LogP contribution is 2.46. The van der Waals surface area contributed by atoms with Gasteiger partial charge in [-0.15, -0.1) is 0 Å². The molecule has 22 heavy (non-hydrogen) atoms. The summed E-state index contributed by atoms with van der Waals surface area (Å²) >= 11 is 0. The molecule has 1 aromatic rings. The highest BCUT2D eigenvalue weighted by molar-refractivity contribution is 7.93. The standard InChI is InChI=1S/C14H22N2O4S2/c1-9(2)15-21(17,18)13-11-6-5-7-12(8-11)14(13)22(19,20)16-10(3)4/h5-10,13-16H,1-4H3. The molecule has 2 unspecified atom stereocenters. The Morgan fingerprint density at radius 3 is 1.50 bits per heavy atom. The van der Waals surface area contributed by atoms with Crippen molar-refractivity contribution in [2.24, 2.45) is 0 Å². The smallest absolute Gasteiger partial charge is 0.212 e. The zero-order valence-corrected chi connectivity index (χ0v) is 14.7. The zero-order chi connectivity index (χ0) is 16.7. The molecule has 2 rings (SSSR count). The maximum absolute atomic E-state index is 12.6. The van der Waals surface area contributed by atoms with Gasteiger partial charge in [0.2, 0.25) is 20.0 Å². The Labute approximate surface area is 132 Å². The van der Waals surface area contributed by atoms with E-state index in [1.54, 1.807) is 52.0 Å². The third-order valence-electron chi connectivity index (χ3n) is 3.31. The van der Waals surface area contributed by atoms with Crippen molar-refractivity contribution in [1.82, 2.24) is 9.44 Å². The predicted octanol–water partition coefficient (Wildman–Crippen LogP) is 1.44. The Morgan fingerprint density at radius 2 is 1.18 bits per heavy atom. The average molecular weight is 346 g/mol. The molecule has 0 saturated heterocycles. The van der Waals surface area contributed by atoms with E-state index in [0.717, 1.165) is 0 Å². The van der Waals surface area contributed by atoms with Crippen LogP contribution >= 0.6 is 0 Å². The lowest BCUT2D eigenvalue weighted by Gasteiger charge is -2.24. The normalized spacial score (nSPS) is 21.7. The fraction of sp³-hybridized carbons (Fsp3) is 0.571. The second-order valence-corrected chi connectivity index (χ2v) is 9.81. The van der Waals surface area contributed by atoms with E-state index in [9.17, 15) is 16.8 Å². The van der Waals surface area contributed by atoms with Crippen molar-refractivity contribution in [2.45, 2.75) is 50.3 Å². The van der Waals surface area contributed by atoms with Gasteiger partial charge in [0.15, 0.2) is 0 Å². The van der Waals surface area contributed by atoms with E-state index in [-0.39, 0.29) is 12.1 Å². The Bertz CT molecular complexity index is 694. The first-order chi connectivity index (χ1) is 10.0. The molecule has 1 aliphatic carbocycles. The van der Waals surface area contributed by atoms with E-state index in [0.29, 0.717) is 11.1 Å². The molecule has 0 amide bonds. The van der Waals surface area contributed by atoms with Crippen LogP contribution in [-0.4, -0.2) is 28.9 Å². The lowest BCUT2D eigenvalue weighted by Crippen LogP contribution is -2.41. The largest absolute Gasteiger partial charge is 0.220 e. The maximum atomic E-state index is 12.6. The molecule has 0 spiro atoms. The predicted molar refractivity (Wildman–Crippen MR) is 86.3 cm³/mol. The van der Waals surface area contributed by atoms with Crippen molar-refractivity contribution in [3.63, 3.8) is 0 Å². The maximum Gasteiger partial charge on any atom is 0.220 e. The van der Waals surface area contributed by atoms with Crippen molar-refractivity contribution in [2.75, 3.05) is 0 Å². The van der Waals surface area contributed by atoms with Crippen molar-refractivity contribution < 1.29 is 16.8 Å². The quantitative estimate of drug-likeness (QED) is 0.815. The summed E-state index contributed by atoms with van der Waals surface area (Å²) in [5, 5.41) is -2.26.